The maximum atomic E-state index is 11.0. The molecule has 0 atom stereocenters. The summed E-state index contributed by atoms with van der Waals surface area (Å²) >= 11 is 0. The van der Waals surface area contributed by atoms with Crippen molar-refractivity contribution in [2.45, 2.75) is 32.7 Å². The van der Waals surface area contributed by atoms with Gasteiger partial charge in [0.05, 0.1) is 11.1 Å². The van der Waals surface area contributed by atoms with Crippen molar-refractivity contribution in [2.24, 2.45) is 0 Å². The van der Waals surface area contributed by atoms with Gasteiger partial charge in [-0.25, -0.2) is 14.8 Å². The Kier molecular flexibility index (Phi) is 3.61. The number of aromatic carboxylic acids is 1. The van der Waals surface area contributed by atoms with Crippen molar-refractivity contribution in [3.05, 3.63) is 30.1 Å². The monoisotopic (exact) mass is 273 g/mol. The van der Waals surface area contributed by atoms with Crippen molar-refractivity contribution in [1.29, 1.82) is 0 Å². The SMILES string of the molecule is CCC(C)(C)N(C)c1ncnc2cc(C(=O)O)ccc12. The predicted molar refractivity (Wildman–Crippen MR) is 79.3 cm³/mol. The molecule has 0 amide bonds. The van der Waals surface area contributed by atoms with Gasteiger partial charge in [-0.3, -0.25) is 0 Å². The van der Waals surface area contributed by atoms with Gasteiger partial charge in [0.1, 0.15) is 12.1 Å². The first-order valence-corrected chi connectivity index (χ1v) is 6.58. The maximum Gasteiger partial charge on any atom is 0.335 e. The second-order valence-corrected chi connectivity index (χ2v) is 5.46. The molecule has 5 heteroatoms. The van der Waals surface area contributed by atoms with E-state index in [0.717, 1.165) is 17.6 Å². The lowest BCUT2D eigenvalue weighted by molar-refractivity contribution is 0.0697. The lowest BCUT2D eigenvalue weighted by Gasteiger charge is -2.36. The van der Waals surface area contributed by atoms with Gasteiger partial charge >= 0.3 is 5.97 Å². The zero-order valence-electron chi connectivity index (χ0n) is 12.2. The Labute approximate surface area is 118 Å². The van der Waals surface area contributed by atoms with Gasteiger partial charge in [-0.15, -0.1) is 0 Å². The van der Waals surface area contributed by atoms with Crippen LogP contribution in [-0.4, -0.2) is 33.6 Å². The Morgan fingerprint density at radius 2 is 2.05 bits per heavy atom. The summed E-state index contributed by atoms with van der Waals surface area (Å²) in [7, 11) is 2.00. The number of fused-ring (bicyclic) bond motifs is 1. The Balaban J connectivity index is 2.58. The summed E-state index contributed by atoms with van der Waals surface area (Å²) in [6, 6.07) is 4.94. The molecule has 0 saturated heterocycles. The van der Waals surface area contributed by atoms with Crippen LogP contribution in [0.25, 0.3) is 10.9 Å². The number of hydrogen-bond donors (Lipinski definition) is 1. The van der Waals surface area contributed by atoms with Crippen LogP contribution < -0.4 is 4.90 Å². The summed E-state index contributed by atoms with van der Waals surface area (Å²) in [6.45, 7) is 6.42. The van der Waals surface area contributed by atoms with Crippen LogP contribution >= 0.6 is 0 Å². The molecule has 1 N–H and O–H groups in total. The van der Waals surface area contributed by atoms with Crippen molar-refractivity contribution in [1.82, 2.24) is 9.97 Å². The Morgan fingerprint density at radius 3 is 2.65 bits per heavy atom. The van der Waals surface area contributed by atoms with E-state index in [1.54, 1.807) is 18.2 Å². The van der Waals surface area contributed by atoms with Gasteiger partial charge < -0.3 is 10.0 Å². The molecule has 0 aliphatic rings. The summed E-state index contributed by atoms with van der Waals surface area (Å²) < 4.78 is 0. The van der Waals surface area contributed by atoms with Crippen LogP contribution in [0.1, 0.15) is 37.6 Å². The minimum Gasteiger partial charge on any atom is -0.478 e. The average Bonchev–Trinajstić information content (AvgIpc) is 2.45. The van der Waals surface area contributed by atoms with E-state index < -0.39 is 5.97 Å². The highest BCUT2D eigenvalue weighted by Gasteiger charge is 2.24. The number of carboxylic acids is 1. The van der Waals surface area contributed by atoms with Crippen LogP contribution in [0.3, 0.4) is 0 Å². The predicted octanol–water partition coefficient (Wildman–Crippen LogP) is 2.95. The van der Waals surface area contributed by atoms with Crippen molar-refractivity contribution in [3.8, 4) is 0 Å². The Bertz CT molecular complexity index is 653. The minimum absolute atomic E-state index is 0.0350. The van der Waals surface area contributed by atoms with E-state index in [1.165, 1.54) is 6.33 Å². The van der Waals surface area contributed by atoms with Crippen LogP contribution in [0.4, 0.5) is 5.82 Å². The Morgan fingerprint density at radius 1 is 1.35 bits per heavy atom. The average molecular weight is 273 g/mol. The van der Waals surface area contributed by atoms with Crippen molar-refractivity contribution >= 4 is 22.7 Å². The molecule has 1 heterocycles. The third-order valence-corrected chi connectivity index (χ3v) is 3.95. The fourth-order valence-corrected chi connectivity index (χ4v) is 1.97. The molecule has 0 bridgehead atoms. The number of carboxylic acid groups (broad SMARTS) is 1. The largest absolute Gasteiger partial charge is 0.478 e. The number of nitrogens with zero attached hydrogens (tertiary/aromatic N) is 3. The minimum atomic E-state index is -0.950. The van der Waals surface area contributed by atoms with E-state index in [2.05, 4.69) is 35.6 Å². The molecular weight excluding hydrogens is 254 g/mol. The van der Waals surface area contributed by atoms with Crippen LogP contribution in [0, 0.1) is 0 Å². The quantitative estimate of drug-likeness (QED) is 0.927. The zero-order chi connectivity index (χ0) is 14.9. The van der Waals surface area contributed by atoms with E-state index >= 15 is 0 Å². The molecule has 0 aliphatic carbocycles. The lowest BCUT2D eigenvalue weighted by Crippen LogP contribution is -2.41. The van der Waals surface area contributed by atoms with Gasteiger partial charge in [-0.05, 0) is 38.5 Å². The highest BCUT2D eigenvalue weighted by molar-refractivity contribution is 5.96. The molecule has 0 radical (unpaired) electrons. The molecule has 0 saturated carbocycles. The third kappa shape index (κ3) is 2.43. The third-order valence-electron chi connectivity index (χ3n) is 3.95. The molecule has 5 nitrogen and oxygen atoms in total. The lowest BCUT2D eigenvalue weighted by atomic mass is 9.99. The number of anilines is 1. The molecule has 0 fully saturated rings. The number of aromatic nitrogens is 2. The molecule has 106 valence electrons. The first-order chi connectivity index (χ1) is 9.36. The van der Waals surface area contributed by atoms with Crippen molar-refractivity contribution in [2.75, 3.05) is 11.9 Å². The fourth-order valence-electron chi connectivity index (χ4n) is 1.97. The standard InChI is InChI=1S/C15H19N3O2/c1-5-15(2,3)18(4)13-11-7-6-10(14(19)20)8-12(11)16-9-17-13/h6-9H,5H2,1-4H3,(H,19,20). The summed E-state index contributed by atoms with van der Waals surface area (Å²) in [4.78, 5) is 21.7. The Hall–Kier alpha value is -2.17. The van der Waals surface area contributed by atoms with Crippen LogP contribution in [0.15, 0.2) is 24.5 Å². The van der Waals surface area contributed by atoms with Gasteiger partial charge in [0.25, 0.3) is 0 Å². The maximum absolute atomic E-state index is 11.0. The molecule has 0 unspecified atom stereocenters. The van der Waals surface area contributed by atoms with Crippen LogP contribution in [0.2, 0.25) is 0 Å². The van der Waals surface area contributed by atoms with E-state index in [-0.39, 0.29) is 11.1 Å². The van der Waals surface area contributed by atoms with Gasteiger partial charge in [0.15, 0.2) is 0 Å². The summed E-state index contributed by atoms with van der Waals surface area (Å²) in [6.07, 6.45) is 2.45. The molecule has 20 heavy (non-hydrogen) atoms. The van der Waals surface area contributed by atoms with E-state index in [9.17, 15) is 4.79 Å². The molecule has 0 aliphatic heterocycles. The number of benzene rings is 1. The second kappa shape index (κ2) is 5.07. The first-order valence-electron chi connectivity index (χ1n) is 6.58. The van der Waals surface area contributed by atoms with Crippen molar-refractivity contribution < 1.29 is 9.90 Å². The smallest absolute Gasteiger partial charge is 0.335 e. The van der Waals surface area contributed by atoms with Gasteiger partial charge in [-0.2, -0.15) is 0 Å². The van der Waals surface area contributed by atoms with Crippen molar-refractivity contribution in [3.63, 3.8) is 0 Å². The highest BCUT2D eigenvalue weighted by Crippen LogP contribution is 2.29. The first kappa shape index (κ1) is 14.2. The number of rotatable bonds is 4. The topological polar surface area (TPSA) is 66.3 Å². The molecule has 1 aromatic heterocycles. The number of carbonyl (C=O) groups is 1. The van der Waals surface area contributed by atoms with E-state index in [1.807, 2.05) is 7.05 Å². The summed E-state index contributed by atoms with van der Waals surface area (Å²) in [5.41, 5.74) is 0.848. The number of hydrogen-bond acceptors (Lipinski definition) is 4. The fraction of sp³-hybridized carbons (Fsp3) is 0.400. The van der Waals surface area contributed by atoms with Crippen LogP contribution in [-0.2, 0) is 0 Å². The summed E-state index contributed by atoms with van der Waals surface area (Å²) in [5, 5.41) is 9.90. The normalized spacial score (nSPS) is 11.6. The molecular formula is C15H19N3O2. The second-order valence-electron chi connectivity index (χ2n) is 5.46. The van der Waals surface area contributed by atoms with E-state index in [4.69, 9.17) is 5.11 Å². The van der Waals surface area contributed by atoms with Crippen LogP contribution in [0.5, 0.6) is 0 Å². The molecule has 2 aromatic rings. The van der Waals surface area contributed by atoms with Gasteiger partial charge in [0, 0.05) is 18.0 Å². The molecule has 0 spiro atoms. The van der Waals surface area contributed by atoms with E-state index in [0.29, 0.717) is 5.52 Å². The molecule has 2 rings (SSSR count). The van der Waals surface area contributed by atoms with Gasteiger partial charge in [-0.1, -0.05) is 6.92 Å². The summed E-state index contributed by atoms with van der Waals surface area (Å²) in [5.74, 6) is -0.131. The highest BCUT2D eigenvalue weighted by atomic mass is 16.4. The zero-order valence-corrected chi connectivity index (χ0v) is 12.2. The molecule has 1 aromatic carbocycles. The van der Waals surface area contributed by atoms with Gasteiger partial charge in [0.2, 0.25) is 0 Å².